The van der Waals surface area contributed by atoms with Gasteiger partial charge in [0.25, 0.3) is 0 Å². The van der Waals surface area contributed by atoms with E-state index in [0.717, 1.165) is 52.6 Å². The average molecular weight is 413 g/mol. The number of nitrogens with zero attached hydrogens (tertiary/aromatic N) is 2. The minimum atomic E-state index is -0.553. The fraction of sp³-hybridized carbons (Fsp3) is 0.435. The molecule has 2 aromatic rings. The predicted octanol–water partition coefficient (Wildman–Crippen LogP) is 5.18. The molecule has 2 aromatic carbocycles. The molecule has 5 nitrogen and oxygen atoms in total. The van der Waals surface area contributed by atoms with Gasteiger partial charge in [-0.1, -0.05) is 35.9 Å². The number of fused-ring (bicyclic) bond motifs is 4. The highest BCUT2D eigenvalue weighted by Crippen LogP contribution is 2.54. The standard InChI is InChI=1S/C23H25ClN2O3/c1-22(2)14-23(11-12-28-22)26-19(17-5-4-6-20(27-3)21(17)29-23)13-18(25-26)15-7-9-16(24)10-8-15/h4-10,19H,11-14H2,1-3H3/t19-,23+/m0/s1. The molecule has 2 atom stereocenters. The summed E-state index contributed by atoms with van der Waals surface area (Å²) < 4.78 is 18.4. The number of hydrogen-bond acceptors (Lipinski definition) is 5. The number of halogens is 1. The van der Waals surface area contributed by atoms with E-state index in [1.165, 1.54) is 0 Å². The molecular formula is C23H25ClN2O3. The largest absolute Gasteiger partial charge is 0.493 e. The highest BCUT2D eigenvalue weighted by atomic mass is 35.5. The van der Waals surface area contributed by atoms with Crippen molar-refractivity contribution in [1.82, 2.24) is 5.01 Å². The molecule has 3 heterocycles. The van der Waals surface area contributed by atoms with E-state index in [-0.39, 0.29) is 11.6 Å². The topological polar surface area (TPSA) is 43.3 Å². The first kappa shape index (κ1) is 18.8. The number of hydrogen-bond donors (Lipinski definition) is 0. The fourth-order valence-electron chi connectivity index (χ4n) is 4.82. The van der Waals surface area contributed by atoms with Crippen LogP contribution in [0.1, 0.15) is 50.3 Å². The Morgan fingerprint density at radius 1 is 1.17 bits per heavy atom. The molecule has 0 unspecified atom stereocenters. The number of para-hydroxylation sites is 1. The Morgan fingerprint density at radius 3 is 2.69 bits per heavy atom. The maximum atomic E-state index is 6.73. The average Bonchev–Trinajstić information content (AvgIpc) is 3.14. The maximum absolute atomic E-state index is 6.73. The van der Waals surface area contributed by atoms with Gasteiger partial charge in [0.05, 0.1) is 31.1 Å². The molecular weight excluding hydrogens is 388 g/mol. The van der Waals surface area contributed by atoms with E-state index in [4.69, 9.17) is 30.9 Å². The van der Waals surface area contributed by atoms with Gasteiger partial charge in [-0.3, -0.25) is 0 Å². The summed E-state index contributed by atoms with van der Waals surface area (Å²) in [4.78, 5) is 0. The predicted molar refractivity (Wildman–Crippen MR) is 113 cm³/mol. The minimum absolute atomic E-state index is 0.105. The molecule has 0 aromatic heterocycles. The first-order chi connectivity index (χ1) is 13.9. The van der Waals surface area contributed by atoms with Crippen LogP contribution in [0.2, 0.25) is 5.02 Å². The van der Waals surface area contributed by atoms with Gasteiger partial charge in [-0.15, -0.1) is 0 Å². The number of methoxy groups -OCH3 is 1. The van der Waals surface area contributed by atoms with Crippen LogP contribution < -0.4 is 9.47 Å². The van der Waals surface area contributed by atoms with Crippen LogP contribution in [0.15, 0.2) is 47.6 Å². The summed E-state index contributed by atoms with van der Waals surface area (Å²) in [5, 5.41) is 8.00. The van der Waals surface area contributed by atoms with Crippen LogP contribution in [0.3, 0.4) is 0 Å². The van der Waals surface area contributed by atoms with Crippen molar-refractivity contribution < 1.29 is 14.2 Å². The molecule has 5 rings (SSSR count). The summed E-state index contributed by atoms with van der Waals surface area (Å²) in [5.74, 6) is 1.60. The Kier molecular flexibility index (Phi) is 4.30. The second kappa shape index (κ2) is 6.64. The molecule has 1 fully saturated rings. The molecule has 29 heavy (non-hydrogen) atoms. The van der Waals surface area contributed by atoms with Gasteiger partial charge in [0.1, 0.15) is 0 Å². The summed E-state index contributed by atoms with van der Waals surface area (Å²) in [6.07, 6.45) is 2.29. The summed E-state index contributed by atoms with van der Waals surface area (Å²) in [7, 11) is 1.69. The molecule has 0 amide bonds. The zero-order valence-corrected chi connectivity index (χ0v) is 17.7. The molecule has 0 N–H and O–H groups in total. The molecule has 0 saturated carbocycles. The van der Waals surface area contributed by atoms with Crippen LogP contribution >= 0.6 is 11.6 Å². The lowest BCUT2D eigenvalue weighted by molar-refractivity contribution is -0.212. The van der Waals surface area contributed by atoms with Gasteiger partial charge in [0.2, 0.25) is 5.72 Å². The van der Waals surface area contributed by atoms with Crippen molar-refractivity contribution in [2.45, 2.75) is 50.5 Å². The lowest BCUT2D eigenvalue weighted by Gasteiger charge is -2.52. The molecule has 3 aliphatic rings. The molecule has 0 aliphatic carbocycles. The van der Waals surface area contributed by atoms with Crippen LogP contribution in [-0.4, -0.2) is 35.8 Å². The molecule has 1 spiro atoms. The Morgan fingerprint density at radius 2 is 1.97 bits per heavy atom. The number of hydrazone groups is 1. The zero-order valence-electron chi connectivity index (χ0n) is 16.9. The van der Waals surface area contributed by atoms with E-state index in [0.29, 0.717) is 6.61 Å². The second-order valence-corrected chi connectivity index (χ2v) is 9.02. The van der Waals surface area contributed by atoms with Crippen LogP contribution in [0.25, 0.3) is 0 Å². The summed E-state index contributed by atoms with van der Waals surface area (Å²) >= 11 is 6.09. The van der Waals surface area contributed by atoms with E-state index in [1.54, 1.807) is 7.11 Å². The van der Waals surface area contributed by atoms with E-state index in [1.807, 2.05) is 36.4 Å². The van der Waals surface area contributed by atoms with Gasteiger partial charge in [-0.2, -0.15) is 5.10 Å². The van der Waals surface area contributed by atoms with Crippen LogP contribution in [0.5, 0.6) is 11.5 Å². The van der Waals surface area contributed by atoms with Crippen LogP contribution in [-0.2, 0) is 4.74 Å². The normalized spacial score (nSPS) is 27.1. The van der Waals surface area contributed by atoms with E-state index < -0.39 is 5.72 Å². The van der Waals surface area contributed by atoms with Crippen molar-refractivity contribution in [3.05, 3.63) is 58.6 Å². The van der Waals surface area contributed by atoms with Crippen molar-refractivity contribution in [1.29, 1.82) is 0 Å². The fourth-order valence-corrected chi connectivity index (χ4v) is 4.95. The van der Waals surface area contributed by atoms with E-state index >= 15 is 0 Å². The summed E-state index contributed by atoms with van der Waals surface area (Å²) in [5.41, 5.74) is 2.42. The van der Waals surface area contributed by atoms with Crippen molar-refractivity contribution >= 4 is 17.3 Å². The zero-order chi connectivity index (χ0) is 20.2. The third-order valence-electron chi connectivity index (χ3n) is 6.07. The summed E-state index contributed by atoms with van der Waals surface area (Å²) in [6, 6.07) is 14.1. The Labute approximate surface area is 176 Å². The lowest BCUT2D eigenvalue weighted by Crippen LogP contribution is -2.60. The van der Waals surface area contributed by atoms with Crippen LogP contribution in [0, 0.1) is 0 Å². The minimum Gasteiger partial charge on any atom is -0.493 e. The number of rotatable bonds is 2. The molecule has 0 bridgehead atoms. The van der Waals surface area contributed by atoms with Gasteiger partial charge in [-0.25, -0.2) is 5.01 Å². The highest BCUT2D eigenvalue weighted by Gasteiger charge is 2.55. The van der Waals surface area contributed by atoms with Gasteiger partial charge in [0, 0.05) is 29.8 Å². The quantitative estimate of drug-likeness (QED) is 0.681. The lowest BCUT2D eigenvalue weighted by atomic mass is 9.86. The van der Waals surface area contributed by atoms with Crippen molar-refractivity contribution in [2.24, 2.45) is 5.10 Å². The van der Waals surface area contributed by atoms with Gasteiger partial charge in [0.15, 0.2) is 11.5 Å². The second-order valence-electron chi connectivity index (χ2n) is 8.58. The molecule has 152 valence electrons. The van der Waals surface area contributed by atoms with Crippen LogP contribution in [0.4, 0.5) is 0 Å². The smallest absolute Gasteiger partial charge is 0.203 e. The molecule has 0 radical (unpaired) electrons. The van der Waals surface area contributed by atoms with Crippen molar-refractivity contribution in [3.8, 4) is 11.5 Å². The SMILES string of the molecule is COc1cccc2c1O[C@@]1(CCOC(C)(C)C1)N1N=C(c3ccc(Cl)cc3)C[C@@H]21. The monoisotopic (exact) mass is 412 g/mol. The Balaban J connectivity index is 1.63. The van der Waals surface area contributed by atoms with Gasteiger partial charge in [-0.05, 0) is 37.6 Å². The molecule has 3 aliphatic heterocycles. The van der Waals surface area contributed by atoms with E-state index in [9.17, 15) is 0 Å². The molecule has 6 heteroatoms. The van der Waals surface area contributed by atoms with Crippen molar-refractivity contribution in [3.63, 3.8) is 0 Å². The Hall–Kier alpha value is -2.24. The van der Waals surface area contributed by atoms with Gasteiger partial charge >= 0.3 is 0 Å². The maximum Gasteiger partial charge on any atom is 0.203 e. The number of ether oxygens (including phenoxy) is 3. The Bertz CT molecular complexity index is 973. The number of benzene rings is 2. The van der Waals surface area contributed by atoms with E-state index in [2.05, 4.69) is 24.9 Å². The summed E-state index contributed by atoms with van der Waals surface area (Å²) in [6.45, 7) is 4.86. The molecule has 1 saturated heterocycles. The highest BCUT2D eigenvalue weighted by molar-refractivity contribution is 6.30. The first-order valence-electron chi connectivity index (χ1n) is 10.0. The third kappa shape index (κ3) is 3.08. The first-order valence-corrected chi connectivity index (χ1v) is 10.4. The third-order valence-corrected chi connectivity index (χ3v) is 6.33. The van der Waals surface area contributed by atoms with Crippen molar-refractivity contribution in [2.75, 3.05) is 13.7 Å². The van der Waals surface area contributed by atoms with Gasteiger partial charge < -0.3 is 14.2 Å².